The van der Waals surface area contributed by atoms with E-state index in [0.717, 1.165) is 4.90 Å². The summed E-state index contributed by atoms with van der Waals surface area (Å²) in [4.78, 5) is 35.3. The first kappa shape index (κ1) is 13.6. The lowest BCUT2D eigenvalue weighted by molar-refractivity contribution is -0.136. The number of aliphatic carboxylic acids is 1. The van der Waals surface area contributed by atoms with Gasteiger partial charge in [0.05, 0.1) is 11.7 Å². The molecule has 2 rings (SSSR count). The molecule has 2 amide bonds. The quantitative estimate of drug-likeness (QED) is 0.799. The second-order valence-electron chi connectivity index (χ2n) is 4.07. The Bertz CT molecular complexity index is 527. The highest BCUT2D eigenvalue weighted by atomic mass is 32.2. The zero-order chi connectivity index (χ0) is 14.0. The standard InChI is InChI=1S/C11H12N2O5S/c1-6-4-8(12-18-6)13-9(14)5-7(11(13)17)19-3-2-10(15)16/h4,7H,2-3,5H2,1H3,(H,15,16). The van der Waals surface area contributed by atoms with Gasteiger partial charge in [0.15, 0.2) is 5.82 Å². The number of carboxylic acids is 1. The van der Waals surface area contributed by atoms with Gasteiger partial charge in [0, 0.05) is 18.2 Å². The Labute approximate surface area is 112 Å². The van der Waals surface area contributed by atoms with Crippen molar-refractivity contribution in [2.75, 3.05) is 10.7 Å². The molecule has 2 heterocycles. The third kappa shape index (κ3) is 2.95. The number of carboxylic acid groups (broad SMARTS) is 1. The Morgan fingerprint density at radius 3 is 2.95 bits per heavy atom. The van der Waals surface area contributed by atoms with Gasteiger partial charge in [-0.1, -0.05) is 5.16 Å². The third-order valence-corrected chi connectivity index (χ3v) is 3.80. The molecule has 0 aliphatic carbocycles. The number of aryl methyl sites for hydroxylation is 1. The lowest BCUT2D eigenvalue weighted by Gasteiger charge is -2.10. The predicted octanol–water partition coefficient (Wildman–Crippen LogP) is 0.823. The number of amides is 2. The van der Waals surface area contributed by atoms with Gasteiger partial charge in [0.1, 0.15) is 5.76 Å². The summed E-state index contributed by atoms with van der Waals surface area (Å²) in [6, 6.07) is 1.51. The fourth-order valence-corrected chi connectivity index (χ4v) is 2.81. The largest absolute Gasteiger partial charge is 0.481 e. The summed E-state index contributed by atoms with van der Waals surface area (Å²) < 4.78 is 4.84. The van der Waals surface area contributed by atoms with Gasteiger partial charge >= 0.3 is 5.97 Å². The SMILES string of the molecule is Cc1cc(N2C(=O)CC(SCCC(=O)O)C2=O)no1. The molecule has 1 saturated heterocycles. The van der Waals surface area contributed by atoms with Gasteiger partial charge in [-0.15, -0.1) is 11.8 Å². The molecule has 1 unspecified atom stereocenters. The highest BCUT2D eigenvalue weighted by molar-refractivity contribution is 8.00. The molecule has 0 spiro atoms. The Morgan fingerprint density at radius 1 is 1.63 bits per heavy atom. The van der Waals surface area contributed by atoms with Crippen LogP contribution in [-0.4, -0.2) is 39.0 Å². The molecular formula is C11H12N2O5S. The van der Waals surface area contributed by atoms with Crippen molar-refractivity contribution in [3.05, 3.63) is 11.8 Å². The van der Waals surface area contributed by atoms with E-state index < -0.39 is 11.2 Å². The number of rotatable bonds is 5. The number of hydrogen-bond donors (Lipinski definition) is 1. The average Bonchev–Trinajstić information content (AvgIpc) is 2.84. The van der Waals surface area contributed by atoms with Crippen molar-refractivity contribution in [3.63, 3.8) is 0 Å². The normalized spacial score (nSPS) is 19.2. The molecule has 0 aromatic carbocycles. The summed E-state index contributed by atoms with van der Waals surface area (Å²) in [7, 11) is 0. The summed E-state index contributed by atoms with van der Waals surface area (Å²) in [6.07, 6.45) is 0.0285. The van der Waals surface area contributed by atoms with Crippen LogP contribution in [0.1, 0.15) is 18.6 Å². The van der Waals surface area contributed by atoms with Crippen LogP contribution in [-0.2, 0) is 14.4 Å². The number of thioether (sulfide) groups is 1. The number of imide groups is 1. The highest BCUT2D eigenvalue weighted by Crippen LogP contribution is 2.29. The number of aromatic nitrogens is 1. The van der Waals surface area contributed by atoms with Gasteiger partial charge in [-0.25, -0.2) is 4.90 Å². The van der Waals surface area contributed by atoms with Crippen LogP contribution in [0.3, 0.4) is 0 Å². The van der Waals surface area contributed by atoms with Crippen molar-refractivity contribution in [1.82, 2.24) is 5.16 Å². The maximum absolute atomic E-state index is 12.1. The fraction of sp³-hybridized carbons (Fsp3) is 0.455. The second-order valence-corrected chi connectivity index (χ2v) is 5.38. The molecule has 1 aromatic heterocycles. The number of carbonyl (C=O) groups excluding carboxylic acids is 2. The molecule has 0 bridgehead atoms. The molecule has 0 saturated carbocycles. The molecular weight excluding hydrogens is 272 g/mol. The van der Waals surface area contributed by atoms with Gasteiger partial charge in [-0.05, 0) is 6.92 Å². The van der Waals surface area contributed by atoms with Crippen LogP contribution in [0.5, 0.6) is 0 Å². The number of anilines is 1. The Hall–Kier alpha value is -1.83. The molecule has 1 atom stereocenters. The lowest BCUT2D eigenvalue weighted by Crippen LogP contribution is -2.31. The zero-order valence-corrected chi connectivity index (χ0v) is 11.0. The first-order chi connectivity index (χ1) is 8.99. The van der Waals surface area contributed by atoms with E-state index in [1.807, 2.05) is 0 Å². The monoisotopic (exact) mass is 284 g/mol. The minimum absolute atomic E-state index is 0.0360. The Kier molecular flexibility index (Phi) is 3.89. The van der Waals surface area contributed by atoms with E-state index in [0.29, 0.717) is 11.5 Å². The van der Waals surface area contributed by atoms with Crippen LogP contribution in [0, 0.1) is 6.92 Å². The molecule has 1 fully saturated rings. The molecule has 1 aliphatic rings. The number of nitrogens with zero attached hydrogens (tertiary/aromatic N) is 2. The van der Waals surface area contributed by atoms with Gasteiger partial charge < -0.3 is 9.63 Å². The van der Waals surface area contributed by atoms with Crippen LogP contribution >= 0.6 is 11.8 Å². The zero-order valence-electron chi connectivity index (χ0n) is 10.2. The van der Waals surface area contributed by atoms with Crippen LogP contribution in [0.2, 0.25) is 0 Å². The van der Waals surface area contributed by atoms with E-state index in [4.69, 9.17) is 9.63 Å². The van der Waals surface area contributed by atoms with Crippen molar-refractivity contribution in [1.29, 1.82) is 0 Å². The van der Waals surface area contributed by atoms with Gasteiger partial charge in [-0.2, -0.15) is 0 Å². The summed E-state index contributed by atoms with van der Waals surface area (Å²) >= 11 is 1.18. The van der Waals surface area contributed by atoms with Crippen LogP contribution in [0.4, 0.5) is 5.82 Å². The van der Waals surface area contributed by atoms with Gasteiger partial charge in [0.2, 0.25) is 11.8 Å². The first-order valence-corrected chi connectivity index (χ1v) is 6.67. The molecule has 7 nitrogen and oxygen atoms in total. The molecule has 1 N–H and O–H groups in total. The molecule has 0 radical (unpaired) electrons. The number of hydrogen-bond acceptors (Lipinski definition) is 6. The van der Waals surface area contributed by atoms with Crippen molar-refractivity contribution in [3.8, 4) is 0 Å². The number of carbonyl (C=O) groups is 3. The van der Waals surface area contributed by atoms with Gasteiger partial charge in [0.25, 0.3) is 0 Å². The summed E-state index contributed by atoms with van der Waals surface area (Å²) in [5, 5.41) is 11.6. The van der Waals surface area contributed by atoms with E-state index in [-0.39, 0.29) is 30.5 Å². The van der Waals surface area contributed by atoms with E-state index in [9.17, 15) is 14.4 Å². The molecule has 8 heteroatoms. The van der Waals surface area contributed by atoms with E-state index >= 15 is 0 Å². The van der Waals surface area contributed by atoms with Crippen molar-refractivity contribution >= 4 is 35.4 Å². The molecule has 1 aliphatic heterocycles. The predicted molar refractivity (Wildman–Crippen MR) is 66.8 cm³/mol. The molecule has 102 valence electrons. The topological polar surface area (TPSA) is 101 Å². The second kappa shape index (κ2) is 5.43. The minimum Gasteiger partial charge on any atom is -0.481 e. The lowest BCUT2D eigenvalue weighted by atomic mass is 10.4. The summed E-state index contributed by atoms with van der Waals surface area (Å²) in [5.41, 5.74) is 0. The van der Waals surface area contributed by atoms with Crippen LogP contribution < -0.4 is 4.90 Å². The van der Waals surface area contributed by atoms with Gasteiger partial charge in [-0.3, -0.25) is 14.4 Å². The highest BCUT2D eigenvalue weighted by Gasteiger charge is 2.41. The van der Waals surface area contributed by atoms with E-state index in [2.05, 4.69) is 5.16 Å². The first-order valence-electron chi connectivity index (χ1n) is 5.62. The Balaban J connectivity index is 2.02. The maximum Gasteiger partial charge on any atom is 0.304 e. The van der Waals surface area contributed by atoms with E-state index in [1.54, 1.807) is 6.92 Å². The average molecular weight is 284 g/mol. The van der Waals surface area contributed by atoms with Crippen molar-refractivity contribution in [2.24, 2.45) is 0 Å². The maximum atomic E-state index is 12.1. The smallest absolute Gasteiger partial charge is 0.304 e. The van der Waals surface area contributed by atoms with Crippen LogP contribution in [0.25, 0.3) is 0 Å². The Morgan fingerprint density at radius 2 is 2.37 bits per heavy atom. The summed E-state index contributed by atoms with van der Waals surface area (Å²) in [5.74, 6) is -0.635. The minimum atomic E-state index is -0.923. The van der Waals surface area contributed by atoms with Crippen molar-refractivity contribution < 1.29 is 24.0 Å². The molecule has 19 heavy (non-hydrogen) atoms. The van der Waals surface area contributed by atoms with E-state index in [1.165, 1.54) is 17.8 Å². The van der Waals surface area contributed by atoms with Crippen molar-refractivity contribution in [2.45, 2.75) is 25.0 Å². The third-order valence-electron chi connectivity index (χ3n) is 2.58. The fourth-order valence-electron chi connectivity index (χ4n) is 1.72. The summed E-state index contributed by atoms with van der Waals surface area (Å²) in [6.45, 7) is 1.67. The van der Waals surface area contributed by atoms with Crippen LogP contribution in [0.15, 0.2) is 10.6 Å². The molecule has 1 aromatic rings.